The zero-order chi connectivity index (χ0) is 44.5. The number of thioether (sulfide) groups is 1. The summed E-state index contributed by atoms with van der Waals surface area (Å²) >= 11 is 1.38. The fraction of sp³-hybridized carbons (Fsp3) is 1.00. The topological polar surface area (TPSA) is 20.2 Å². The van der Waals surface area contributed by atoms with Crippen molar-refractivity contribution in [2.24, 2.45) is 0 Å². The maximum absolute atomic E-state index is 14.2. The Morgan fingerprint density at radius 2 is 0.571 bits per heavy atom. The Morgan fingerprint density at radius 1 is 0.321 bits per heavy atom. The van der Waals surface area contributed by atoms with Crippen molar-refractivity contribution in [2.75, 3.05) is 18.1 Å². The van der Waals surface area contributed by atoms with E-state index in [1.54, 1.807) is 0 Å². The summed E-state index contributed by atoms with van der Waals surface area (Å²) in [6, 6.07) is 0. The van der Waals surface area contributed by atoms with E-state index < -0.39 is 136 Å². The van der Waals surface area contributed by atoms with Crippen LogP contribution in [0.15, 0.2) is 0 Å². The summed E-state index contributed by atoms with van der Waals surface area (Å²) in [5.41, 5.74) is 0. The number of hydrogen-bond donors (Lipinski definition) is 1. The van der Waals surface area contributed by atoms with Gasteiger partial charge in [0.2, 0.25) is 0 Å². The van der Waals surface area contributed by atoms with Gasteiger partial charge in [0.15, 0.2) is 0 Å². The van der Waals surface area contributed by atoms with Crippen LogP contribution in [-0.4, -0.2) is 94.8 Å². The lowest BCUT2D eigenvalue weighted by atomic mass is 9.88. The molecule has 0 aliphatic heterocycles. The van der Waals surface area contributed by atoms with Crippen LogP contribution in [0.4, 0.5) is 105 Å². The van der Waals surface area contributed by atoms with Crippen LogP contribution in [-0.2, 0) is 0 Å². The zero-order valence-corrected chi connectivity index (χ0v) is 29.5. The van der Waals surface area contributed by atoms with Gasteiger partial charge in [0, 0.05) is 25.0 Å². The molecule has 0 aliphatic rings. The molecule has 0 fully saturated rings. The molecule has 26 heteroatoms. The number of aliphatic hydroxyl groups excluding tert-OH is 1. The summed E-state index contributed by atoms with van der Waals surface area (Å²) in [7, 11) is 0. The van der Waals surface area contributed by atoms with Crippen molar-refractivity contribution in [3.63, 3.8) is 0 Å². The van der Waals surface area contributed by atoms with Crippen LogP contribution in [0.1, 0.15) is 96.3 Å². The molecule has 0 aromatic carbocycles. The molecule has 0 unspecified atom stereocenters. The molecule has 0 saturated carbocycles. The summed E-state index contributed by atoms with van der Waals surface area (Å²) in [4.78, 5) is 0. The lowest BCUT2D eigenvalue weighted by Gasteiger charge is -2.41. The van der Waals surface area contributed by atoms with E-state index in [9.17, 15) is 105 Å². The van der Waals surface area contributed by atoms with E-state index in [-0.39, 0.29) is 19.4 Å². The largest absolute Gasteiger partial charge is 0.396 e. The molecule has 0 aromatic heterocycles. The number of unbranched alkanes of at least 4 members (excludes halogenated alkanes) is 10. The highest BCUT2D eigenvalue weighted by Gasteiger charge is 2.90. The molecule has 338 valence electrons. The third kappa shape index (κ3) is 11.3. The van der Waals surface area contributed by atoms with E-state index in [0.717, 1.165) is 0 Å². The lowest BCUT2D eigenvalue weighted by molar-refractivity contribution is -0.425. The molecule has 0 heterocycles. The Hall–Kier alpha value is -1.37. The standard InChI is InChI=1S/C30H38F24OS/c31-19(32)23(39,40)27(47,48)28(49,50)24(41,42)20(33,34)13-9-5-1-2-6-10-14-21(35,36)25(43,44)29(51,52)30(53,54)26(45,46)22(37,38)15-11-7-3-4-8-12-17-56-18-16-55/h19,55H,1-18H2. The highest BCUT2D eigenvalue weighted by atomic mass is 32.2. The molecule has 1 N–H and O–H groups in total. The Balaban J connectivity index is 5.25. The molecule has 56 heavy (non-hydrogen) atoms. The maximum Gasteiger partial charge on any atom is 0.384 e. The Kier molecular flexibility index (Phi) is 19.3. The second kappa shape index (κ2) is 19.8. The summed E-state index contributed by atoms with van der Waals surface area (Å²) in [6.07, 6.45) is -18.5. The Morgan fingerprint density at radius 3 is 0.839 bits per heavy atom. The molecule has 0 atom stereocenters. The second-order valence-electron chi connectivity index (χ2n) is 12.9. The van der Waals surface area contributed by atoms with Gasteiger partial charge < -0.3 is 5.11 Å². The third-order valence-electron chi connectivity index (χ3n) is 8.54. The van der Waals surface area contributed by atoms with E-state index in [4.69, 9.17) is 5.11 Å². The molecule has 0 rings (SSSR count). The summed E-state index contributed by atoms with van der Waals surface area (Å²) in [5.74, 6) is -78.0. The molecule has 0 aliphatic carbocycles. The smallest absolute Gasteiger partial charge is 0.384 e. The van der Waals surface area contributed by atoms with Crippen molar-refractivity contribution in [1.82, 2.24) is 0 Å². The van der Waals surface area contributed by atoms with Crippen molar-refractivity contribution in [1.29, 1.82) is 0 Å². The molecular formula is C30H38F24OS. The molecule has 0 amide bonds. The summed E-state index contributed by atoms with van der Waals surface area (Å²) in [5, 5.41) is 8.63. The van der Waals surface area contributed by atoms with Crippen LogP contribution < -0.4 is 0 Å². The first-order valence-electron chi connectivity index (χ1n) is 16.6. The fourth-order valence-electron chi connectivity index (χ4n) is 4.92. The van der Waals surface area contributed by atoms with E-state index in [1.165, 1.54) is 11.8 Å². The van der Waals surface area contributed by atoms with Crippen molar-refractivity contribution in [2.45, 2.75) is 168 Å². The number of rotatable bonds is 30. The number of aliphatic hydroxyl groups is 1. The Labute approximate surface area is 308 Å². The molecule has 0 spiro atoms. The number of hydrogen-bond acceptors (Lipinski definition) is 2. The monoisotopic (exact) mass is 902 g/mol. The molecule has 0 bridgehead atoms. The van der Waals surface area contributed by atoms with Gasteiger partial charge in [-0.15, -0.1) is 0 Å². The molecule has 0 radical (unpaired) electrons. The van der Waals surface area contributed by atoms with E-state index in [1.807, 2.05) is 0 Å². The van der Waals surface area contributed by atoms with Gasteiger partial charge >= 0.3 is 71.6 Å². The minimum Gasteiger partial charge on any atom is -0.396 e. The number of alkyl halides is 24. The molecule has 1 nitrogen and oxygen atoms in total. The van der Waals surface area contributed by atoms with Crippen LogP contribution in [0.2, 0.25) is 0 Å². The van der Waals surface area contributed by atoms with Gasteiger partial charge in [0.25, 0.3) is 0 Å². The highest BCUT2D eigenvalue weighted by molar-refractivity contribution is 7.99. The van der Waals surface area contributed by atoms with E-state index >= 15 is 0 Å². The van der Waals surface area contributed by atoms with Crippen LogP contribution in [0.5, 0.6) is 0 Å². The first-order valence-corrected chi connectivity index (χ1v) is 17.7. The van der Waals surface area contributed by atoms with Gasteiger partial charge in [-0.1, -0.05) is 51.4 Å². The predicted octanol–water partition coefficient (Wildman–Crippen LogP) is 13.8. The van der Waals surface area contributed by atoms with Crippen molar-refractivity contribution in [3.05, 3.63) is 0 Å². The highest BCUT2D eigenvalue weighted by Crippen LogP contribution is 2.62. The quantitative estimate of drug-likeness (QED) is 0.0573. The minimum absolute atomic E-state index is 0.0803. The van der Waals surface area contributed by atoms with Crippen LogP contribution >= 0.6 is 11.8 Å². The van der Waals surface area contributed by atoms with E-state index in [2.05, 4.69) is 0 Å². The van der Waals surface area contributed by atoms with Crippen LogP contribution in [0.25, 0.3) is 0 Å². The van der Waals surface area contributed by atoms with Crippen molar-refractivity contribution < 1.29 is 110 Å². The van der Waals surface area contributed by atoms with Gasteiger partial charge in [-0.25, -0.2) is 8.78 Å². The summed E-state index contributed by atoms with van der Waals surface area (Å²) < 4.78 is 328. The second-order valence-corrected chi connectivity index (χ2v) is 14.1. The SMILES string of the molecule is OCCSCCCCCCCCC(F)(F)C(F)(F)C(F)(F)C(F)(F)C(F)(F)C(F)(F)CCCCCCCCC(F)(F)C(F)(F)C(F)(F)C(F)(F)C(F)(F)C(F)F. The first kappa shape index (κ1) is 54.6. The van der Waals surface area contributed by atoms with Gasteiger partial charge in [0.1, 0.15) is 0 Å². The normalized spacial score (nSPS) is 15.3. The van der Waals surface area contributed by atoms with Crippen LogP contribution in [0, 0.1) is 0 Å². The summed E-state index contributed by atoms with van der Waals surface area (Å²) in [6.45, 7) is -0.0803. The fourth-order valence-corrected chi connectivity index (χ4v) is 5.67. The van der Waals surface area contributed by atoms with Gasteiger partial charge in [0.05, 0.1) is 6.61 Å². The first-order chi connectivity index (χ1) is 25.0. The van der Waals surface area contributed by atoms with Crippen LogP contribution in [0.3, 0.4) is 0 Å². The van der Waals surface area contributed by atoms with Crippen molar-refractivity contribution in [3.8, 4) is 0 Å². The third-order valence-corrected chi connectivity index (χ3v) is 9.59. The molecule has 0 saturated heterocycles. The molecule has 0 aromatic rings. The lowest BCUT2D eigenvalue weighted by Crippen LogP contribution is -2.70. The maximum atomic E-state index is 14.2. The predicted molar refractivity (Wildman–Crippen MR) is 154 cm³/mol. The zero-order valence-electron chi connectivity index (χ0n) is 28.7. The Bertz CT molecular complexity index is 1160. The van der Waals surface area contributed by atoms with Gasteiger partial charge in [-0.05, 0) is 31.4 Å². The van der Waals surface area contributed by atoms with Gasteiger partial charge in [-0.2, -0.15) is 108 Å². The minimum atomic E-state index is -7.81. The average molecular weight is 903 g/mol. The van der Waals surface area contributed by atoms with E-state index in [0.29, 0.717) is 30.8 Å². The van der Waals surface area contributed by atoms with Gasteiger partial charge in [-0.3, -0.25) is 0 Å². The molecular weight excluding hydrogens is 864 g/mol. The number of halogens is 24. The van der Waals surface area contributed by atoms with Crippen molar-refractivity contribution >= 4 is 11.8 Å². The average Bonchev–Trinajstić information content (AvgIpc) is 3.05.